The largest absolute Gasteiger partial charge is 0.744 e. The highest BCUT2D eigenvalue weighted by molar-refractivity contribution is 7.85. The summed E-state index contributed by atoms with van der Waals surface area (Å²) in [4.78, 5) is 11.4. The summed E-state index contributed by atoms with van der Waals surface area (Å²) in [7, 11) is 0.0133. The van der Waals surface area contributed by atoms with E-state index >= 15 is 0 Å². The van der Waals surface area contributed by atoms with Gasteiger partial charge in [0.1, 0.15) is 35.6 Å². The van der Waals surface area contributed by atoms with Crippen LogP contribution in [0.5, 0.6) is 5.75 Å². The Balaban J connectivity index is 0.000000310. The molecule has 0 heterocycles. The van der Waals surface area contributed by atoms with Crippen LogP contribution >= 0.6 is 23.2 Å². The SMILES string of the molecule is CC(=O)c1cc(Cl)ccc1OCC[N+](C)(C)Cc1ccccc1.O=S(=O)([O-])c1ccc(Cl)cc1. The van der Waals surface area contributed by atoms with Crippen molar-refractivity contribution in [3.8, 4) is 5.75 Å². The lowest BCUT2D eigenvalue weighted by molar-refractivity contribution is -0.903. The quantitative estimate of drug-likeness (QED) is 0.223. The van der Waals surface area contributed by atoms with Gasteiger partial charge < -0.3 is 13.8 Å². The van der Waals surface area contributed by atoms with Gasteiger partial charge in [0.05, 0.1) is 24.6 Å². The molecule has 0 aliphatic heterocycles. The molecule has 0 bridgehead atoms. The second kappa shape index (κ2) is 12.3. The number of hydrogen-bond donors (Lipinski definition) is 0. The maximum absolute atomic E-state index is 11.7. The number of benzene rings is 3. The number of rotatable bonds is 8. The number of nitrogens with zero attached hydrogens (tertiary/aromatic N) is 1. The van der Waals surface area contributed by atoms with E-state index in [1.54, 1.807) is 18.2 Å². The molecule has 0 radical (unpaired) electrons. The Labute approximate surface area is 211 Å². The molecule has 0 N–H and O–H groups in total. The van der Waals surface area contributed by atoms with Gasteiger partial charge in [-0.2, -0.15) is 0 Å². The minimum Gasteiger partial charge on any atom is -0.744 e. The van der Waals surface area contributed by atoms with Crippen LogP contribution in [0.4, 0.5) is 0 Å². The Morgan fingerprint density at radius 3 is 2.09 bits per heavy atom. The maximum atomic E-state index is 11.7. The molecule has 3 rings (SSSR count). The predicted molar refractivity (Wildman–Crippen MR) is 133 cm³/mol. The van der Waals surface area contributed by atoms with E-state index in [2.05, 4.69) is 38.4 Å². The first kappa shape index (κ1) is 27.8. The molecule has 3 aromatic carbocycles. The molecule has 3 aromatic rings. The molecule has 0 saturated heterocycles. The summed E-state index contributed by atoms with van der Waals surface area (Å²) in [6.07, 6.45) is 0. The number of carbonyl (C=O) groups excluding carboxylic acids is 1. The van der Waals surface area contributed by atoms with Crippen LogP contribution in [0.15, 0.2) is 77.7 Å². The Kier molecular flexibility index (Phi) is 10.1. The lowest BCUT2D eigenvalue weighted by Gasteiger charge is -2.29. The Morgan fingerprint density at radius 1 is 0.941 bits per heavy atom. The minimum absolute atomic E-state index is 0.0412. The lowest BCUT2D eigenvalue weighted by Crippen LogP contribution is -2.42. The molecule has 0 saturated carbocycles. The van der Waals surface area contributed by atoms with Crippen LogP contribution in [0.3, 0.4) is 0 Å². The second-order valence-electron chi connectivity index (χ2n) is 8.26. The summed E-state index contributed by atoms with van der Waals surface area (Å²) in [5, 5.41) is 0.945. The van der Waals surface area contributed by atoms with Crippen LogP contribution in [-0.2, 0) is 16.7 Å². The summed E-state index contributed by atoms with van der Waals surface area (Å²) < 4.78 is 37.7. The smallest absolute Gasteiger partial charge is 0.163 e. The molecule has 0 aliphatic rings. The van der Waals surface area contributed by atoms with E-state index in [1.165, 1.54) is 36.8 Å². The van der Waals surface area contributed by atoms with E-state index in [9.17, 15) is 17.8 Å². The fourth-order valence-electron chi connectivity index (χ4n) is 3.06. The highest BCUT2D eigenvalue weighted by Gasteiger charge is 2.17. The molecule has 0 unspecified atom stereocenters. The molecule has 182 valence electrons. The van der Waals surface area contributed by atoms with Crippen LogP contribution in [-0.4, -0.2) is 50.5 Å². The van der Waals surface area contributed by atoms with E-state index in [0.717, 1.165) is 17.6 Å². The Hall–Kier alpha value is -2.42. The molecule has 0 aromatic heterocycles. The van der Waals surface area contributed by atoms with Crippen LogP contribution in [0.1, 0.15) is 22.8 Å². The molecule has 0 aliphatic carbocycles. The van der Waals surface area contributed by atoms with Crippen LogP contribution in [0.2, 0.25) is 10.0 Å². The fourth-order valence-corrected chi connectivity index (χ4v) is 3.83. The van der Waals surface area contributed by atoms with Crippen LogP contribution in [0.25, 0.3) is 0 Å². The molecule has 0 amide bonds. The average molecular weight is 524 g/mol. The third-order valence-corrected chi connectivity index (χ3v) is 6.17. The number of hydrogen-bond acceptors (Lipinski definition) is 5. The molecule has 0 atom stereocenters. The molecular weight excluding hydrogens is 497 g/mol. The monoisotopic (exact) mass is 523 g/mol. The molecule has 34 heavy (non-hydrogen) atoms. The Bertz CT molecular complexity index is 1200. The number of quaternary nitrogens is 1. The molecule has 9 heteroatoms. The van der Waals surface area contributed by atoms with Crippen molar-refractivity contribution < 1.29 is 27.0 Å². The summed E-state index contributed by atoms with van der Waals surface area (Å²) in [6, 6.07) is 20.6. The third kappa shape index (κ3) is 9.44. The van der Waals surface area contributed by atoms with Crippen LogP contribution < -0.4 is 4.74 Å². The van der Waals surface area contributed by atoms with Gasteiger partial charge in [-0.25, -0.2) is 8.42 Å². The highest BCUT2D eigenvalue weighted by Crippen LogP contribution is 2.23. The summed E-state index contributed by atoms with van der Waals surface area (Å²) in [5.41, 5.74) is 1.83. The first-order valence-corrected chi connectivity index (χ1v) is 12.5. The van der Waals surface area contributed by atoms with E-state index in [1.807, 2.05) is 6.07 Å². The van der Waals surface area contributed by atoms with Crippen molar-refractivity contribution in [2.75, 3.05) is 27.2 Å². The maximum Gasteiger partial charge on any atom is 0.163 e. The van der Waals surface area contributed by atoms with E-state index in [0.29, 0.717) is 28.0 Å². The summed E-state index contributed by atoms with van der Waals surface area (Å²) >= 11 is 11.4. The molecule has 0 spiro atoms. The van der Waals surface area contributed by atoms with Crippen molar-refractivity contribution in [2.45, 2.75) is 18.4 Å². The number of Topliss-reactive ketones (excluding diaryl/α,β-unsaturated/α-hetero) is 1. The van der Waals surface area contributed by atoms with Crippen LogP contribution in [0, 0.1) is 0 Å². The zero-order valence-electron chi connectivity index (χ0n) is 19.2. The molecular formula is C25H27Cl2NO5S. The summed E-state index contributed by atoms with van der Waals surface area (Å²) in [5.74, 6) is 0.558. The number of ketones is 1. The molecule has 0 fully saturated rings. The van der Waals surface area contributed by atoms with Crippen molar-refractivity contribution in [2.24, 2.45) is 0 Å². The first-order valence-electron chi connectivity index (χ1n) is 10.4. The lowest BCUT2D eigenvalue weighted by atomic mass is 10.1. The van der Waals surface area contributed by atoms with Gasteiger partial charge in [0, 0.05) is 15.6 Å². The zero-order chi connectivity index (χ0) is 25.4. The Morgan fingerprint density at radius 2 is 1.53 bits per heavy atom. The highest BCUT2D eigenvalue weighted by atomic mass is 35.5. The number of carbonyl (C=O) groups is 1. The van der Waals surface area contributed by atoms with Crippen molar-refractivity contribution in [3.05, 3.63) is 94.0 Å². The number of ether oxygens (including phenoxy) is 1. The first-order chi connectivity index (χ1) is 15.9. The van der Waals surface area contributed by atoms with E-state index in [4.69, 9.17) is 27.9 Å². The third-order valence-electron chi connectivity index (χ3n) is 4.83. The van der Waals surface area contributed by atoms with E-state index < -0.39 is 10.1 Å². The van der Waals surface area contributed by atoms with Gasteiger partial charge in [0.2, 0.25) is 0 Å². The predicted octanol–water partition coefficient (Wildman–Crippen LogP) is 5.44. The molecule has 6 nitrogen and oxygen atoms in total. The van der Waals surface area contributed by atoms with Gasteiger partial charge in [0.15, 0.2) is 5.78 Å². The van der Waals surface area contributed by atoms with Gasteiger partial charge in [-0.3, -0.25) is 4.79 Å². The van der Waals surface area contributed by atoms with Crippen molar-refractivity contribution in [1.29, 1.82) is 0 Å². The average Bonchev–Trinajstić information content (AvgIpc) is 2.75. The van der Waals surface area contributed by atoms with Gasteiger partial charge >= 0.3 is 0 Å². The number of likely N-dealkylation sites (N-methyl/N-ethyl adjacent to an activating group) is 1. The normalized spacial score (nSPS) is 11.4. The van der Waals surface area contributed by atoms with Crippen molar-refractivity contribution >= 4 is 39.1 Å². The van der Waals surface area contributed by atoms with Crippen molar-refractivity contribution in [3.63, 3.8) is 0 Å². The van der Waals surface area contributed by atoms with Gasteiger partial charge in [-0.15, -0.1) is 0 Å². The standard InChI is InChI=1S/C19H23ClNO2.C6H5ClO3S/c1-15(22)18-13-17(20)9-10-19(18)23-12-11-21(2,3)14-16-7-5-4-6-8-16;7-5-1-3-6(4-2-5)11(8,9)10/h4-10,13H,11-12,14H2,1-3H3;1-4H,(H,8,9,10)/q+1;/p-1. The fraction of sp³-hybridized carbons (Fsp3) is 0.240. The summed E-state index contributed by atoms with van der Waals surface area (Å²) in [6.45, 7) is 3.84. The van der Waals surface area contributed by atoms with Gasteiger partial charge in [0.25, 0.3) is 0 Å². The van der Waals surface area contributed by atoms with Crippen molar-refractivity contribution in [1.82, 2.24) is 0 Å². The van der Waals surface area contributed by atoms with Gasteiger partial charge in [-0.1, -0.05) is 53.5 Å². The van der Waals surface area contributed by atoms with E-state index in [-0.39, 0.29) is 10.7 Å². The topological polar surface area (TPSA) is 83.5 Å². The minimum atomic E-state index is -4.33. The van der Waals surface area contributed by atoms with Gasteiger partial charge in [-0.05, 0) is 49.4 Å². The zero-order valence-corrected chi connectivity index (χ0v) is 21.5. The second-order valence-corrected chi connectivity index (χ2v) is 10.5. The number of halogens is 2.